The zero-order chi connectivity index (χ0) is 24.4. The molecule has 9 heteroatoms. The number of sulfone groups is 1. The number of nitrogens with zero attached hydrogens (tertiary/aromatic N) is 1. The van der Waals surface area contributed by atoms with Gasteiger partial charge in [0.05, 0.1) is 16.8 Å². The van der Waals surface area contributed by atoms with E-state index in [9.17, 15) is 18.0 Å². The fourth-order valence-corrected chi connectivity index (χ4v) is 4.97. The minimum atomic E-state index is -4.02. The molecule has 1 aromatic heterocycles. The fourth-order valence-electron chi connectivity index (χ4n) is 3.10. The molecule has 0 saturated heterocycles. The van der Waals surface area contributed by atoms with Gasteiger partial charge >= 0.3 is 0 Å². The quantitative estimate of drug-likeness (QED) is 0.399. The van der Waals surface area contributed by atoms with E-state index in [1.165, 1.54) is 12.1 Å². The van der Waals surface area contributed by atoms with Gasteiger partial charge in [-0.05, 0) is 54.2 Å². The number of aromatic amines is 1. The summed E-state index contributed by atoms with van der Waals surface area (Å²) in [6, 6.07) is 12.1. The Morgan fingerprint density at radius 1 is 1.09 bits per heavy atom. The summed E-state index contributed by atoms with van der Waals surface area (Å²) < 4.78 is 25.8. The van der Waals surface area contributed by atoms with Gasteiger partial charge in [-0.15, -0.1) is 0 Å². The van der Waals surface area contributed by atoms with Gasteiger partial charge in [0, 0.05) is 5.69 Å². The van der Waals surface area contributed by atoms with Gasteiger partial charge in [-0.25, -0.2) is 13.4 Å². The Hall–Kier alpha value is -2.91. The fraction of sp³-hybridized carbons (Fsp3) is 0.292. The van der Waals surface area contributed by atoms with Crippen molar-refractivity contribution >= 4 is 33.2 Å². The van der Waals surface area contributed by atoms with Gasteiger partial charge in [-0.1, -0.05) is 56.8 Å². The van der Waals surface area contributed by atoms with Crippen molar-refractivity contribution in [2.24, 2.45) is 0 Å². The third kappa shape index (κ3) is 5.72. The summed E-state index contributed by atoms with van der Waals surface area (Å²) in [5.74, 6) is -0.247. The number of H-pyrrole nitrogens is 1. The molecule has 0 saturated carbocycles. The van der Waals surface area contributed by atoms with Crippen LogP contribution in [0.3, 0.4) is 0 Å². The van der Waals surface area contributed by atoms with E-state index in [1.807, 2.05) is 52.8 Å². The molecule has 33 heavy (non-hydrogen) atoms. The SMILES string of the molecule is Cc1cccc(NC(=O)CSc2ncc(S(=O)(=O)c3ccc(C(C)(C)C)cc3)c(=O)[nH]2)c1C. The Balaban J connectivity index is 1.72. The van der Waals surface area contributed by atoms with E-state index in [0.29, 0.717) is 0 Å². The molecule has 3 rings (SSSR count). The lowest BCUT2D eigenvalue weighted by Gasteiger charge is -2.19. The van der Waals surface area contributed by atoms with E-state index in [2.05, 4.69) is 15.3 Å². The molecule has 2 N–H and O–H groups in total. The number of rotatable bonds is 6. The first kappa shape index (κ1) is 24.7. The highest BCUT2D eigenvalue weighted by Crippen LogP contribution is 2.25. The van der Waals surface area contributed by atoms with Gasteiger partial charge in [0.2, 0.25) is 15.7 Å². The van der Waals surface area contributed by atoms with Gasteiger partial charge in [0.1, 0.15) is 0 Å². The Morgan fingerprint density at radius 3 is 2.36 bits per heavy atom. The second-order valence-electron chi connectivity index (χ2n) is 8.74. The number of anilines is 1. The molecule has 0 unspecified atom stereocenters. The predicted molar refractivity (Wildman–Crippen MR) is 131 cm³/mol. The van der Waals surface area contributed by atoms with Crippen LogP contribution in [0.2, 0.25) is 0 Å². The molecule has 0 bridgehead atoms. The molecule has 174 valence electrons. The maximum atomic E-state index is 12.9. The zero-order valence-corrected chi connectivity index (χ0v) is 20.9. The predicted octanol–water partition coefficient (Wildman–Crippen LogP) is 4.25. The third-order valence-corrected chi connectivity index (χ3v) is 7.93. The molecule has 0 fully saturated rings. The van der Waals surface area contributed by atoms with E-state index < -0.39 is 20.3 Å². The molecule has 1 amide bonds. The minimum Gasteiger partial charge on any atom is -0.325 e. The monoisotopic (exact) mass is 485 g/mol. The molecule has 0 radical (unpaired) electrons. The summed E-state index contributed by atoms with van der Waals surface area (Å²) in [5.41, 5.74) is 2.86. The third-order valence-electron chi connectivity index (χ3n) is 5.28. The number of aromatic nitrogens is 2. The summed E-state index contributed by atoms with van der Waals surface area (Å²) in [6.07, 6.45) is 1.04. The van der Waals surface area contributed by atoms with Crippen molar-refractivity contribution in [3.8, 4) is 0 Å². The van der Waals surface area contributed by atoms with E-state index in [1.54, 1.807) is 12.1 Å². The highest BCUT2D eigenvalue weighted by Gasteiger charge is 2.23. The lowest BCUT2D eigenvalue weighted by molar-refractivity contribution is -0.113. The first-order chi connectivity index (χ1) is 15.4. The first-order valence-corrected chi connectivity index (χ1v) is 12.8. The average Bonchev–Trinajstić information content (AvgIpc) is 2.75. The topological polar surface area (TPSA) is 109 Å². The largest absolute Gasteiger partial charge is 0.325 e. The number of carbonyl (C=O) groups excluding carboxylic acids is 1. The van der Waals surface area contributed by atoms with Crippen LogP contribution < -0.4 is 10.9 Å². The number of hydrogen-bond acceptors (Lipinski definition) is 6. The number of carbonyl (C=O) groups is 1. The van der Waals surface area contributed by atoms with Crippen LogP contribution in [0.15, 0.2) is 68.4 Å². The van der Waals surface area contributed by atoms with Crippen LogP contribution in [0.1, 0.15) is 37.5 Å². The van der Waals surface area contributed by atoms with Crippen LogP contribution >= 0.6 is 11.8 Å². The summed E-state index contributed by atoms with van der Waals surface area (Å²) in [7, 11) is -4.02. The Morgan fingerprint density at radius 2 is 1.76 bits per heavy atom. The van der Waals surface area contributed by atoms with Crippen molar-refractivity contribution in [3.05, 3.63) is 75.7 Å². The molecular formula is C24H27N3O4S2. The van der Waals surface area contributed by atoms with Crippen LogP contribution in [-0.4, -0.2) is 30.0 Å². The number of thioether (sulfide) groups is 1. The number of benzene rings is 2. The molecular weight excluding hydrogens is 458 g/mol. The number of nitrogens with one attached hydrogen (secondary N) is 2. The summed E-state index contributed by atoms with van der Waals surface area (Å²) in [6.45, 7) is 9.98. The van der Waals surface area contributed by atoms with E-state index in [4.69, 9.17) is 0 Å². The van der Waals surface area contributed by atoms with Crippen molar-refractivity contribution in [3.63, 3.8) is 0 Å². The number of aryl methyl sites for hydroxylation is 1. The van der Waals surface area contributed by atoms with E-state index in [-0.39, 0.29) is 27.1 Å². The van der Waals surface area contributed by atoms with Crippen LogP contribution in [0.4, 0.5) is 5.69 Å². The first-order valence-electron chi connectivity index (χ1n) is 10.3. The molecule has 0 spiro atoms. The Kier molecular flexibility index (Phi) is 7.14. The maximum Gasteiger partial charge on any atom is 0.270 e. The lowest BCUT2D eigenvalue weighted by Crippen LogP contribution is -2.20. The molecule has 0 aliphatic heterocycles. The van der Waals surface area contributed by atoms with Crippen molar-refractivity contribution in [1.82, 2.24) is 9.97 Å². The van der Waals surface area contributed by atoms with Crippen LogP contribution in [0.25, 0.3) is 0 Å². The summed E-state index contributed by atoms with van der Waals surface area (Å²) in [4.78, 5) is 30.9. The minimum absolute atomic E-state index is 0.0106. The van der Waals surface area contributed by atoms with Crippen molar-refractivity contribution in [2.75, 3.05) is 11.1 Å². The molecule has 2 aromatic carbocycles. The van der Waals surface area contributed by atoms with Crippen LogP contribution in [0.5, 0.6) is 0 Å². The van der Waals surface area contributed by atoms with Gasteiger partial charge in [-0.3, -0.25) is 9.59 Å². The highest BCUT2D eigenvalue weighted by molar-refractivity contribution is 7.99. The number of amides is 1. The van der Waals surface area contributed by atoms with E-state index in [0.717, 1.165) is 40.3 Å². The van der Waals surface area contributed by atoms with Crippen molar-refractivity contribution in [1.29, 1.82) is 0 Å². The molecule has 0 aliphatic rings. The molecule has 0 aliphatic carbocycles. The van der Waals surface area contributed by atoms with Crippen LogP contribution in [-0.2, 0) is 20.0 Å². The molecule has 0 atom stereocenters. The average molecular weight is 486 g/mol. The second-order valence-corrected chi connectivity index (χ2v) is 11.6. The van der Waals surface area contributed by atoms with Crippen LogP contribution in [0, 0.1) is 13.8 Å². The van der Waals surface area contributed by atoms with Gasteiger partial charge in [-0.2, -0.15) is 0 Å². The summed E-state index contributed by atoms with van der Waals surface area (Å²) >= 11 is 1.02. The lowest BCUT2D eigenvalue weighted by atomic mass is 9.87. The molecule has 1 heterocycles. The summed E-state index contributed by atoms with van der Waals surface area (Å²) in [5, 5.41) is 3.00. The van der Waals surface area contributed by atoms with Gasteiger partial charge in [0.15, 0.2) is 10.1 Å². The van der Waals surface area contributed by atoms with Gasteiger partial charge < -0.3 is 10.3 Å². The van der Waals surface area contributed by atoms with Crippen molar-refractivity contribution in [2.45, 2.75) is 55.0 Å². The maximum absolute atomic E-state index is 12.9. The van der Waals surface area contributed by atoms with Crippen molar-refractivity contribution < 1.29 is 13.2 Å². The molecule has 7 nitrogen and oxygen atoms in total. The standard InChI is InChI=1S/C24H27N3O4S2/c1-15-7-6-8-19(16(15)2)26-21(28)14-32-23-25-13-20(22(29)27-23)33(30,31)18-11-9-17(10-12-18)24(3,4)5/h6-13H,14H2,1-5H3,(H,26,28)(H,25,27,29). The Labute approximate surface area is 198 Å². The normalized spacial score (nSPS) is 11.9. The Bertz CT molecular complexity index is 1340. The zero-order valence-electron chi connectivity index (χ0n) is 19.2. The highest BCUT2D eigenvalue weighted by atomic mass is 32.2. The second kappa shape index (κ2) is 9.52. The van der Waals surface area contributed by atoms with Gasteiger partial charge in [0.25, 0.3) is 5.56 Å². The smallest absolute Gasteiger partial charge is 0.270 e. The van der Waals surface area contributed by atoms with E-state index >= 15 is 0 Å². The number of hydrogen-bond donors (Lipinski definition) is 2. The molecule has 3 aromatic rings.